The van der Waals surface area contributed by atoms with Gasteiger partial charge in [0.2, 0.25) is 5.91 Å². The number of amides is 1. The van der Waals surface area contributed by atoms with E-state index in [2.05, 4.69) is 10.6 Å². The fourth-order valence-electron chi connectivity index (χ4n) is 1.70. The number of anilines is 2. The number of nitrogens with one attached hydrogen (secondary N) is 2. The Bertz CT molecular complexity index is 724. The molecule has 0 heterocycles. The third kappa shape index (κ3) is 4.16. The molecule has 0 aromatic heterocycles. The molecule has 0 aliphatic carbocycles. The summed E-state index contributed by atoms with van der Waals surface area (Å²) in [5.41, 5.74) is 0.292. The first-order valence-corrected chi connectivity index (χ1v) is 6.57. The van der Waals surface area contributed by atoms with E-state index in [0.29, 0.717) is 10.7 Å². The van der Waals surface area contributed by atoms with Gasteiger partial charge >= 0.3 is 0 Å². The van der Waals surface area contributed by atoms with Crippen LogP contribution in [0.4, 0.5) is 21.5 Å². The molecule has 0 fully saturated rings. The molecule has 8 heteroatoms. The van der Waals surface area contributed by atoms with E-state index < -0.39 is 16.6 Å². The number of carbonyl (C=O) groups excluding carboxylic acids is 1. The highest BCUT2D eigenvalue weighted by molar-refractivity contribution is 6.30. The monoisotopic (exact) mass is 323 g/mol. The van der Waals surface area contributed by atoms with E-state index in [-0.39, 0.29) is 17.9 Å². The number of benzene rings is 2. The predicted octanol–water partition coefficient (Wildman–Crippen LogP) is 3.44. The molecule has 0 spiro atoms. The van der Waals surface area contributed by atoms with E-state index in [9.17, 15) is 19.3 Å². The summed E-state index contributed by atoms with van der Waals surface area (Å²) in [4.78, 5) is 21.9. The average Bonchev–Trinajstić information content (AvgIpc) is 2.49. The molecule has 2 rings (SSSR count). The highest BCUT2D eigenvalue weighted by Gasteiger charge is 2.09. The van der Waals surface area contributed by atoms with Gasteiger partial charge in [0, 0.05) is 22.8 Å². The molecule has 0 saturated heterocycles. The summed E-state index contributed by atoms with van der Waals surface area (Å²) in [5, 5.41) is 16.0. The average molecular weight is 324 g/mol. The minimum Gasteiger partial charge on any atom is -0.376 e. The molecule has 22 heavy (non-hydrogen) atoms. The Balaban J connectivity index is 1.97. The van der Waals surface area contributed by atoms with Crippen molar-refractivity contribution >= 4 is 34.6 Å². The largest absolute Gasteiger partial charge is 0.376 e. The first-order chi connectivity index (χ1) is 10.5. The number of rotatable bonds is 5. The Labute approximate surface area is 130 Å². The number of hydrogen-bond acceptors (Lipinski definition) is 4. The van der Waals surface area contributed by atoms with E-state index in [4.69, 9.17) is 11.6 Å². The van der Waals surface area contributed by atoms with Gasteiger partial charge in [-0.2, -0.15) is 0 Å². The SMILES string of the molecule is O=C(CNc1cccc([N+](=O)[O-])c1)Nc1cc(Cl)ccc1F. The zero-order valence-electron chi connectivity index (χ0n) is 11.2. The first-order valence-electron chi connectivity index (χ1n) is 6.19. The number of halogens is 2. The zero-order chi connectivity index (χ0) is 16.1. The molecule has 0 atom stereocenters. The smallest absolute Gasteiger partial charge is 0.271 e. The van der Waals surface area contributed by atoms with Gasteiger partial charge in [0.15, 0.2) is 0 Å². The topological polar surface area (TPSA) is 84.3 Å². The molecule has 0 bridgehead atoms. The molecule has 2 aromatic carbocycles. The quantitative estimate of drug-likeness (QED) is 0.652. The predicted molar refractivity (Wildman–Crippen MR) is 81.6 cm³/mol. The molecule has 0 saturated carbocycles. The van der Waals surface area contributed by atoms with Crippen LogP contribution in [-0.2, 0) is 4.79 Å². The third-order valence-corrected chi connectivity index (χ3v) is 2.95. The van der Waals surface area contributed by atoms with E-state index in [1.807, 2.05) is 0 Å². The van der Waals surface area contributed by atoms with Gasteiger partial charge in [-0.05, 0) is 24.3 Å². The van der Waals surface area contributed by atoms with Crippen LogP contribution in [0.25, 0.3) is 0 Å². The molecular formula is C14H11ClFN3O3. The Morgan fingerprint density at radius 2 is 2.05 bits per heavy atom. The maximum atomic E-state index is 13.5. The molecule has 0 aliphatic heterocycles. The van der Waals surface area contributed by atoms with Crippen LogP contribution in [0.3, 0.4) is 0 Å². The number of carbonyl (C=O) groups is 1. The second kappa shape index (κ2) is 6.86. The highest BCUT2D eigenvalue weighted by Crippen LogP contribution is 2.20. The fourth-order valence-corrected chi connectivity index (χ4v) is 1.87. The van der Waals surface area contributed by atoms with Crippen molar-refractivity contribution in [3.05, 3.63) is 63.4 Å². The molecule has 6 nitrogen and oxygen atoms in total. The van der Waals surface area contributed by atoms with Crippen LogP contribution in [0.1, 0.15) is 0 Å². The zero-order valence-corrected chi connectivity index (χ0v) is 11.9. The van der Waals surface area contributed by atoms with Crippen LogP contribution in [0, 0.1) is 15.9 Å². The number of hydrogen-bond donors (Lipinski definition) is 2. The van der Waals surface area contributed by atoms with Gasteiger partial charge in [-0.25, -0.2) is 4.39 Å². The number of non-ortho nitro benzene ring substituents is 1. The van der Waals surface area contributed by atoms with E-state index >= 15 is 0 Å². The van der Waals surface area contributed by atoms with E-state index in [1.54, 1.807) is 6.07 Å². The minimum absolute atomic E-state index is 0.0293. The number of nitrogens with zero attached hydrogens (tertiary/aromatic N) is 1. The lowest BCUT2D eigenvalue weighted by molar-refractivity contribution is -0.384. The maximum Gasteiger partial charge on any atom is 0.271 e. The first kappa shape index (κ1) is 15.7. The van der Waals surface area contributed by atoms with Crippen molar-refractivity contribution in [1.82, 2.24) is 0 Å². The fraction of sp³-hybridized carbons (Fsp3) is 0.0714. The number of nitro benzene ring substituents is 1. The second-order valence-electron chi connectivity index (χ2n) is 4.33. The van der Waals surface area contributed by atoms with Gasteiger partial charge in [0.05, 0.1) is 17.2 Å². The lowest BCUT2D eigenvalue weighted by Crippen LogP contribution is -2.22. The van der Waals surface area contributed by atoms with Gasteiger partial charge in [-0.3, -0.25) is 14.9 Å². The van der Waals surface area contributed by atoms with Crippen LogP contribution in [0.2, 0.25) is 5.02 Å². The molecule has 0 unspecified atom stereocenters. The van der Waals surface area contributed by atoms with Crippen molar-refractivity contribution in [3.63, 3.8) is 0 Å². The lowest BCUT2D eigenvalue weighted by atomic mass is 10.2. The molecule has 2 N–H and O–H groups in total. The molecule has 0 radical (unpaired) electrons. The van der Waals surface area contributed by atoms with Crippen molar-refractivity contribution in [1.29, 1.82) is 0 Å². The molecular weight excluding hydrogens is 313 g/mol. The Hall–Kier alpha value is -2.67. The van der Waals surface area contributed by atoms with Gasteiger partial charge in [-0.15, -0.1) is 0 Å². The Morgan fingerprint density at radius 1 is 1.27 bits per heavy atom. The van der Waals surface area contributed by atoms with Crippen molar-refractivity contribution in [3.8, 4) is 0 Å². The van der Waals surface area contributed by atoms with Crippen molar-refractivity contribution in [2.24, 2.45) is 0 Å². The van der Waals surface area contributed by atoms with E-state index in [1.165, 1.54) is 30.3 Å². The molecule has 114 valence electrons. The molecule has 2 aromatic rings. The van der Waals surface area contributed by atoms with Crippen LogP contribution in [0.15, 0.2) is 42.5 Å². The summed E-state index contributed by atoms with van der Waals surface area (Å²) in [5.74, 6) is -1.11. The third-order valence-electron chi connectivity index (χ3n) is 2.71. The summed E-state index contributed by atoms with van der Waals surface area (Å²) in [6.07, 6.45) is 0. The van der Waals surface area contributed by atoms with Crippen molar-refractivity contribution < 1.29 is 14.1 Å². The van der Waals surface area contributed by atoms with Crippen molar-refractivity contribution in [2.75, 3.05) is 17.2 Å². The van der Waals surface area contributed by atoms with Crippen LogP contribution in [-0.4, -0.2) is 17.4 Å². The molecule has 0 aliphatic rings. The van der Waals surface area contributed by atoms with Gasteiger partial charge < -0.3 is 10.6 Å². The minimum atomic E-state index is -0.604. The standard InChI is InChI=1S/C14H11ClFN3O3/c15-9-4-5-12(16)13(6-9)18-14(20)8-17-10-2-1-3-11(7-10)19(21)22/h1-7,17H,8H2,(H,18,20). The Morgan fingerprint density at radius 3 is 2.77 bits per heavy atom. The number of nitro groups is 1. The van der Waals surface area contributed by atoms with Gasteiger partial charge in [-0.1, -0.05) is 17.7 Å². The van der Waals surface area contributed by atoms with Crippen LogP contribution >= 0.6 is 11.6 Å². The summed E-state index contributed by atoms with van der Waals surface area (Å²) < 4.78 is 13.5. The lowest BCUT2D eigenvalue weighted by Gasteiger charge is -2.08. The highest BCUT2D eigenvalue weighted by atomic mass is 35.5. The summed E-state index contributed by atoms with van der Waals surface area (Å²) >= 11 is 5.72. The van der Waals surface area contributed by atoms with Gasteiger partial charge in [0.1, 0.15) is 5.82 Å². The molecule has 1 amide bonds. The second-order valence-corrected chi connectivity index (χ2v) is 4.77. The van der Waals surface area contributed by atoms with Crippen LogP contribution in [0.5, 0.6) is 0 Å². The van der Waals surface area contributed by atoms with Crippen LogP contribution < -0.4 is 10.6 Å². The van der Waals surface area contributed by atoms with Crippen molar-refractivity contribution in [2.45, 2.75) is 0 Å². The Kier molecular flexibility index (Phi) is 4.90. The van der Waals surface area contributed by atoms with E-state index in [0.717, 1.165) is 6.07 Å². The van der Waals surface area contributed by atoms with Gasteiger partial charge in [0.25, 0.3) is 5.69 Å². The summed E-state index contributed by atoms with van der Waals surface area (Å²) in [6.45, 7) is -0.173. The summed E-state index contributed by atoms with van der Waals surface area (Å²) in [6, 6.07) is 9.52. The maximum absolute atomic E-state index is 13.5. The normalized spacial score (nSPS) is 10.1. The summed E-state index contributed by atoms with van der Waals surface area (Å²) in [7, 11) is 0.